The zero-order valence-corrected chi connectivity index (χ0v) is 55.9. The molecule has 15 nitrogen and oxygen atoms in total. The largest absolute Gasteiger partial charge is 0.493 e. The maximum Gasteiger partial charge on any atom is 0.341 e. The normalized spacial score (nSPS) is 16.7. The van der Waals surface area contributed by atoms with Crippen LogP contribution >= 0.6 is 0 Å². The van der Waals surface area contributed by atoms with Crippen molar-refractivity contribution >= 4 is 28.0 Å². The quantitative estimate of drug-likeness (QED) is 0.0608. The molecular formula is C75H92O15S. The maximum atomic E-state index is 12.7. The molecule has 3 atom stereocenters. The minimum absolute atomic E-state index is 0.0899. The zero-order valence-electron chi connectivity index (χ0n) is 55.1. The van der Waals surface area contributed by atoms with Crippen LogP contribution < -0.4 is 14.2 Å². The topological polar surface area (TPSA) is 200 Å². The van der Waals surface area contributed by atoms with E-state index in [-0.39, 0.29) is 24.3 Å². The van der Waals surface area contributed by atoms with E-state index in [4.69, 9.17) is 42.4 Å². The van der Waals surface area contributed by atoms with Gasteiger partial charge in [-0.25, -0.2) is 14.4 Å². The molecule has 6 aliphatic rings. The van der Waals surface area contributed by atoms with Gasteiger partial charge in [-0.3, -0.25) is 4.18 Å². The van der Waals surface area contributed by atoms with Crippen molar-refractivity contribution in [1.82, 2.24) is 0 Å². The maximum absolute atomic E-state index is 12.7. The number of fused-ring (bicyclic) bond motifs is 3. The predicted molar refractivity (Wildman–Crippen MR) is 353 cm³/mol. The molecule has 3 unspecified atom stereocenters. The number of rotatable bonds is 18. The number of aliphatic hydroxyl groups is 1. The molecule has 3 fully saturated rings. The molecule has 16 heteroatoms. The van der Waals surface area contributed by atoms with Crippen LogP contribution in [0.4, 0.5) is 0 Å². The predicted octanol–water partition coefficient (Wildman–Crippen LogP) is 15.4. The Bertz CT molecular complexity index is 3700. The molecule has 0 radical (unpaired) electrons. The first-order chi connectivity index (χ1) is 43.5. The Balaban J connectivity index is 0.000000157. The molecule has 0 spiro atoms. The highest BCUT2D eigenvalue weighted by Gasteiger charge is 2.38. The van der Waals surface area contributed by atoms with Gasteiger partial charge in [0.2, 0.25) is 0 Å². The summed E-state index contributed by atoms with van der Waals surface area (Å²) >= 11 is 0. The van der Waals surface area contributed by atoms with Crippen molar-refractivity contribution in [2.75, 3.05) is 40.3 Å². The molecule has 0 saturated heterocycles. The Morgan fingerprint density at radius 3 is 1.09 bits per heavy atom. The smallest absolute Gasteiger partial charge is 0.341 e. The fourth-order valence-electron chi connectivity index (χ4n) is 12.6. The molecule has 3 saturated carbocycles. The number of carbonyl (C=O) groups is 3. The lowest BCUT2D eigenvalue weighted by Gasteiger charge is -2.26. The molecule has 12 rings (SSSR count). The SMILES string of the molecule is CC(C)O.COC(=O)C(OC(C)C)c1c(C)ccc(C2CC2)c1-c1ccc2c(c1)CCCO2.COC(=O)C(OS(C)(=O)=O)c1c(C)ccc(C2CC2)c1-c1ccc2c(c1)CCCO2.Cc1ccc(C2CC2)c(-c2ccc3c(c2)CCCO3)c1C(OC(C)C)C(=O)O. The first-order valence-corrected chi connectivity index (χ1v) is 34.2. The van der Waals surface area contributed by atoms with Crippen molar-refractivity contribution in [2.24, 2.45) is 0 Å². The summed E-state index contributed by atoms with van der Waals surface area (Å²) in [4.78, 5) is 37.5. The van der Waals surface area contributed by atoms with Gasteiger partial charge in [-0.1, -0.05) is 54.6 Å². The van der Waals surface area contributed by atoms with Gasteiger partial charge in [0.25, 0.3) is 10.1 Å². The number of hydrogen-bond donors (Lipinski definition) is 2. The molecule has 6 aromatic carbocycles. The number of carboxylic acids is 1. The van der Waals surface area contributed by atoms with E-state index < -0.39 is 40.4 Å². The molecule has 6 aromatic rings. The van der Waals surface area contributed by atoms with Gasteiger partial charge in [0.15, 0.2) is 18.3 Å². The van der Waals surface area contributed by atoms with Crippen LogP contribution in [0.3, 0.4) is 0 Å². The van der Waals surface area contributed by atoms with Crippen LogP contribution in [-0.2, 0) is 66.9 Å². The number of hydrogen-bond acceptors (Lipinski definition) is 14. The third-order valence-corrected chi connectivity index (χ3v) is 17.6. The van der Waals surface area contributed by atoms with E-state index in [1.165, 1.54) is 49.3 Å². The van der Waals surface area contributed by atoms with Gasteiger partial charge in [0.05, 0.1) is 52.5 Å². The fraction of sp³-hybridized carbons (Fsp3) is 0.480. The summed E-state index contributed by atoms with van der Waals surface area (Å²) in [5.74, 6) is 2.23. The monoisotopic (exact) mass is 1260 g/mol. The summed E-state index contributed by atoms with van der Waals surface area (Å²) in [5, 5.41) is 18.0. The third-order valence-electron chi connectivity index (χ3n) is 17.1. The summed E-state index contributed by atoms with van der Waals surface area (Å²) < 4.78 is 68.6. The van der Waals surface area contributed by atoms with Gasteiger partial charge in [0, 0.05) is 22.8 Å². The van der Waals surface area contributed by atoms with Crippen LogP contribution in [0.1, 0.15) is 202 Å². The number of carboxylic acid groups (broad SMARTS) is 1. The van der Waals surface area contributed by atoms with Gasteiger partial charge in [0.1, 0.15) is 17.2 Å². The second-order valence-corrected chi connectivity index (χ2v) is 27.3. The van der Waals surface area contributed by atoms with Crippen molar-refractivity contribution in [3.63, 3.8) is 0 Å². The number of benzene rings is 6. The minimum Gasteiger partial charge on any atom is -0.493 e. The van der Waals surface area contributed by atoms with E-state index in [2.05, 4.69) is 67.6 Å². The van der Waals surface area contributed by atoms with Crippen molar-refractivity contribution in [3.05, 3.63) is 158 Å². The van der Waals surface area contributed by atoms with Crippen molar-refractivity contribution in [3.8, 4) is 50.6 Å². The van der Waals surface area contributed by atoms with Crippen molar-refractivity contribution in [1.29, 1.82) is 0 Å². The highest BCUT2D eigenvalue weighted by molar-refractivity contribution is 7.86. The van der Waals surface area contributed by atoms with Crippen LogP contribution in [0.25, 0.3) is 33.4 Å². The lowest BCUT2D eigenvalue weighted by Crippen LogP contribution is -2.23. The summed E-state index contributed by atoms with van der Waals surface area (Å²) in [5.41, 5.74) is 18.5. The first-order valence-electron chi connectivity index (χ1n) is 32.4. The second kappa shape index (κ2) is 30.1. The first kappa shape index (κ1) is 68.3. The summed E-state index contributed by atoms with van der Waals surface area (Å²) in [6.07, 6.45) is 10.2. The average Bonchev–Trinajstić information content (AvgIpc) is 1.77. The van der Waals surface area contributed by atoms with Gasteiger partial charge >= 0.3 is 17.9 Å². The van der Waals surface area contributed by atoms with Crippen molar-refractivity contribution in [2.45, 2.75) is 194 Å². The Kier molecular flexibility index (Phi) is 22.6. The van der Waals surface area contributed by atoms with Crippen LogP contribution in [0.15, 0.2) is 91.0 Å². The standard InChI is InChI=1S/C25H30O4.C24H28O4.C23H26O6S.C3H8O/c1-15(2)29-24(25(26)27-4)22-16(3)7-11-20(17-8-9-17)23(22)19-10-12-21-18(14-19)6-5-13-28-21;1-14(2)28-23(24(25)26)21-15(3)6-10-19(16-7-8-16)22(21)18-9-11-20-17(13-18)5-4-12-27-20;1-14-6-10-18(15-7-8-15)21(17-9-11-19-16(13-17)5-4-12-28-19)20(14)22(23(24)27-2)29-30(3,25)26;1-3(2)4/h7,10-12,14-15,17,24H,5-6,8-9,13H2,1-4H3;6,9-11,13-14,16,23H,4-5,7-8,12H2,1-3H3,(H,25,26);6,9-11,13,15,22H,4-5,7-8,12H2,1-3H3;3-4H,1-2H3. The molecule has 91 heavy (non-hydrogen) atoms. The van der Waals surface area contributed by atoms with E-state index >= 15 is 0 Å². The lowest BCUT2D eigenvalue weighted by molar-refractivity contribution is -0.157. The van der Waals surface area contributed by atoms with Gasteiger partial charge in [-0.05, 0) is 277 Å². The van der Waals surface area contributed by atoms with E-state index in [1.807, 2.05) is 71.9 Å². The number of aliphatic hydroxyl groups excluding tert-OH is 1. The number of esters is 2. The van der Waals surface area contributed by atoms with E-state index in [0.29, 0.717) is 29.9 Å². The second-order valence-electron chi connectivity index (χ2n) is 25.7. The van der Waals surface area contributed by atoms with Crippen LogP contribution in [0.5, 0.6) is 17.2 Å². The molecule has 2 N–H and O–H groups in total. The zero-order chi connectivity index (χ0) is 65.4. The highest BCUT2D eigenvalue weighted by Crippen LogP contribution is 2.52. The van der Waals surface area contributed by atoms with Crippen molar-refractivity contribution < 1.29 is 70.4 Å². The molecule has 0 aromatic heterocycles. The van der Waals surface area contributed by atoms with E-state index in [1.54, 1.807) is 13.8 Å². The Morgan fingerprint density at radius 2 is 0.791 bits per heavy atom. The molecule has 0 bridgehead atoms. The van der Waals surface area contributed by atoms with Crippen LogP contribution in [-0.4, -0.2) is 95.1 Å². The summed E-state index contributed by atoms with van der Waals surface area (Å²) in [6.45, 7) is 19.3. The molecule has 488 valence electrons. The van der Waals surface area contributed by atoms with Crippen LogP contribution in [0, 0.1) is 20.8 Å². The third kappa shape index (κ3) is 17.2. The number of methoxy groups -OCH3 is 2. The number of carbonyl (C=O) groups excluding carboxylic acids is 2. The van der Waals surface area contributed by atoms with Crippen LogP contribution in [0.2, 0.25) is 0 Å². The molecular weight excluding hydrogens is 1170 g/mol. The lowest BCUT2D eigenvalue weighted by atomic mass is 9.85. The Labute approximate surface area is 538 Å². The van der Waals surface area contributed by atoms with Gasteiger partial charge < -0.3 is 43.4 Å². The average molecular weight is 1270 g/mol. The Morgan fingerprint density at radius 1 is 0.484 bits per heavy atom. The Hall–Kier alpha value is -7.08. The van der Waals surface area contributed by atoms with Gasteiger partial charge in [-0.15, -0.1) is 0 Å². The highest BCUT2D eigenvalue weighted by atomic mass is 32.2. The number of aryl methyl sites for hydroxylation is 6. The molecule has 3 aliphatic carbocycles. The number of aliphatic carboxylic acids is 1. The summed E-state index contributed by atoms with van der Waals surface area (Å²) in [6, 6.07) is 31.3. The van der Waals surface area contributed by atoms with E-state index in [0.717, 1.165) is 173 Å². The van der Waals surface area contributed by atoms with E-state index in [9.17, 15) is 27.9 Å². The summed E-state index contributed by atoms with van der Waals surface area (Å²) in [7, 11) is -1.24. The minimum atomic E-state index is -3.89. The molecule has 3 aliphatic heterocycles. The molecule has 3 heterocycles. The fourth-order valence-corrected chi connectivity index (χ4v) is 13.1. The van der Waals surface area contributed by atoms with Gasteiger partial charge in [-0.2, -0.15) is 8.42 Å². The molecule has 0 amide bonds. The number of ether oxygens (including phenoxy) is 7.